The lowest BCUT2D eigenvalue weighted by Crippen LogP contribution is -2.26. The molecule has 6 nitrogen and oxygen atoms in total. The molecule has 6 heteroatoms. The van der Waals surface area contributed by atoms with Crippen molar-refractivity contribution in [2.75, 3.05) is 18.4 Å². The molecule has 3 aromatic rings. The van der Waals surface area contributed by atoms with Gasteiger partial charge in [0.2, 0.25) is 11.8 Å². The lowest BCUT2D eigenvalue weighted by molar-refractivity contribution is -0.127. The number of aromatic nitrogens is 2. The number of carbonyl (C=O) groups is 2. The lowest BCUT2D eigenvalue weighted by Gasteiger charge is -2.18. The first-order chi connectivity index (χ1) is 14.6. The van der Waals surface area contributed by atoms with E-state index in [1.807, 2.05) is 65.8 Å². The number of nitrogens with one attached hydrogen (secondary N) is 1. The normalized spacial score (nSPS) is 16.1. The Kier molecular flexibility index (Phi) is 5.65. The molecule has 0 unspecified atom stereocenters. The minimum Gasteiger partial charge on any atom is -0.341 e. The first-order valence-corrected chi connectivity index (χ1v) is 10.3. The van der Waals surface area contributed by atoms with Gasteiger partial charge in [0.05, 0.1) is 23.8 Å². The van der Waals surface area contributed by atoms with Crippen molar-refractivity contribution in [2.24, 2.45) is 0 Å². The molecule has 1 atom stereocenters. The van der Waals surface area contributed by atoms with E-state index in [1.54, 1.807) is 0 Å². The van der Waals surface area contributed by atoms with Crippen LogP contribution in [0.3, 0.4) is 0 Å². The smallest absolute Gasteiger partial charge is 0.224 e. The van der Waals surface area contributed by atoms with Gasteiger partial charge in [-0.2, -0.15) is 0 Å². The third-order valence-electron chi connectivity index (χ3n) is 5.40. The number of amides is 2. The molecule has 0 spiro atoms. The minimum absolute atomic E-state index is 0.0547. The highest BCUT2D eigenvalue weighted by atomic mass is 16.2. The molecule has 1 aromatic heterocycles. The lowest BCUT2D eigenvalue weighted by atomic mass is 10.0. The van der Waals surface area contributed by atoms with Crippen LogP contribution in [-0.4, -0.2) is 39.4 Å². The highest BCUT2D eigenvalue weighted by Gasteiger charge is 2.32. The van der Waals surface area contributed by atoms with Gasteiger partial charge in [0.25, 0.3) is 0 Å². The number of hydrogen-bond donors (Lipinski definition) is 1. The van der Waals surface area contributed by atoms with Crippen LogP contribution in [0.15, 0.2) is 60.9 Å². The van der Waals surface area contributed by atoms with Crippen molar-refractivity contribution in [1.29, 1.82) is 0 Å². The number of imidazole rings is 1. The Morgan fingerprint density at radius 3 is 2.50 bits per heavy atom. The number of carbonyl (C=O) groups excluding carboxylic acids is 2. The summed E-state index contributed by atoms with van der Waals surface area (Å²) in [5, 5.41) is 2.81. The number of rotatable bonds is 6. The molecule has 1 N–H and O–H groups in total. The number of nitrogens with zero attached hydrogens (tertiary/aromatic N) is 3. The summed E-state index contributed by atoms with van der Waals surface area (Å²) in [7, 11) is 0. The molecule has 2 aromatic carbocycles. The molecule has 1 aliphatic rings. The van der Waals surface area contributed by atoms with Crippen molar-refractivity contribution in [3.63, 3.8) is 0 Å². The molecule has 1 fully saturated rings. The van der Waals surface area contributed by atoms with Crippen LogP contribution in [0.4, 0.5) is 5.69 Å². The van der Waals surface area contributed by atoms with E-state index in [1.165, 1.54) is 6.92 Å². The topological polar surface area (TPSA) is 67.2 Å². The summed E-state index contributed by atoms with van der Waals surface area (Å²) in [5.74, 6) is 0.0991. The van der Waals surface area contributed by atoms with Crippen LogP contribution in [0, 0.1) is 0 Å². The van der Waals surface area contributed by atoms with Gasteiger partial charge in [-0.1, -0.05) is 49.4 Å². The summed E-state index contributed by atoms with van der Waals surface area (Å²) in [4.78, 5) is 30.5. The molecule has 0 saturated carbocycles. The number of hydrogen-bond acceptors (Lipinski definition) is 3. The second-order valence-electron chi connectivity index (χ2n) is 7.67. The zero-order valence-corrected chi connectivity index (χ0v) is 17.3. The molecule has 2 heterocycles. The van der Waals surface area contributed by atoms with Crippen molar-refractivity contribution < 1.29 is 9.59 Å². The van der Waals surface area contributed by atoms with Gasteiger partial charge in [-0.05, 0) is 18.6 Å². The molecule has 0 radical (unpaired) electrons. The van der Waals surface area contributed by atoms with Gasteiger partial charge >= 0.3 is 0 Å². The number of likely N-dealkylation sites (tertiary alicyclic amines) is 1. The van der Waals surface area contributed by atoms with Crippen molar-refractivity contribution in [3.05, 3.63) is 60.9 Å². The quantitative estimate of drug-likeness (QED) is 0.666. The van der Waals surface area contributed by atoms with Crippen LogP contribution < -0.4 is 5.32 Å². The molecule has 1 saturated heterocycles. The fourth-order valence-corrected chi connectivity index (χ4v) is 4.07. The van der Waals surface area contributed by atoms with E-state index in [2.05, 4.69) is 16.8 Å². The van der Waals surface area contributed by atoms with E-state index >= 15 is 0 Å². The molecule has 1 aliphatic heterocycles. The highest BCUT2D eigenvalue weighted by molar-refractivity contribution is 5.89. The predicted octanol–water partition coefficient (Wildman–Crippen LogP) is 4.36. The van der Waals surface area contributed by atoms with Crippen molar-refractivity contribution >= 4 is 17.5 Å². The van der Waals surface area contributed by atoms with Crippen LogP contribution in [0.5, 0.6) is 0 Å². The van der Waals surface area contributed by atoms with Crippen molar-refractivity contribution in [2.45, 2.75) is 32.7 Å². The Hall–Kier alpha value is -3.41. The summed E-state index contributed by atoms with van der Waals surface area (Å²) in [6.45, 7) is 5.08. The third kappa shape index (κ3) is 3.99. The minimum atomic E-state index is -0.0988. The van der Waals surface area contributed by atoms with Crippen LogP contribution in [0.25, 0.3) is 22.5 Å². The summed E-state index contributed by atoms with van der Waals surface area (Å²) in [6, 6.07) is 17.9. The first kappa shape index (κ1) is 19.9. The van der Waals surface area contributed by atoms with E-state index in [0.717, 1.165) is 41.2 Å². The Balaban J connectivity index is 1.76. The van der Waals surface area contributed by atoms with Gasteiger partial charge < -0.3 is 14.8 Å². The SMILES string of the molecule is CCCN1C[C@@H](n2cnc(-c3ccccc3)c2-c2ccc(NC(C)=O)cc2)CC1=O. The van der Waals surface area contributed by atoms with Crippen molar-refractivity contribution in [3.8, 4) is 22.5 Å². The van der Waals surface area contributed by atoms with Gasteiger partial charge in [0.15, 0.2) is 0 Å². The molecule has 4 rings (SSSR count). The van der Waals surface area contributed by atoms with E-state index in [-0.39, 0.29) is 17.9 Å². The molecular formula is C24H26N4O2. The van der Waals surface area contributed by atoms with Crippen LogP contribution in [0.2, 0.25) is 0 Å². The number of anilines is 1. The maximum absolute atomic E-state index is 12.5. The van der Waals surface area contributed by atoms with Gasteiger partial charge in [-0.25, -0.2) is 4.98 Å². The average Bonchev–Trinajstić information content (AvgIpc) is 3.33. The maximum Gasteiger partial charge on any atom is 0.224 e. The zero-order chi connectivity index (χ0) is 21.1. The van der Waals surface area contributed by atoms with E-state index in [9.17, 15) is 9.59 Å². The Labute approximate surface area is 176 Å². The van der Waals surface area contributed by atoms with Crippen LogP contribution in [0.1, 0.15) is 32.7 Å². The first-order valence-electron chi connectivity index (χ1n) is 10.3. The predicted molar refractivity (Wildman–Crippen MR) is 118 cm³/mol. The second kappa shape index (κ2) is 8.53. The molecule has 0 bridgehead atoms. The zero-order valence-electron chi connectivity index (χ0n) is 17.3. The Morgan fingerprint density at radius 2 is 1.83 bits per heavy atom. The Bertz CT molecular complexity index is 1040. The molecular weight excluding hydrogens is 376 g/mol. The fourth-order valence-electron chi connectivity index (χ4n) is 4.07. The van der Waals surface area contributed by atoms with E-state index in [4.69, 9.17) is 4.98 Å². The second-order valence-corrected chi connectivity index (χ2v) is 7.67. The fraction of sp³-hybridized carbons (Fsp3) is 0.292. The highest BCUT2D eigenvalue weighted by Crippen LogP contribution is 2.36. The molecule has 0 aliphatic carbocycles. The maximum atomic E-state index is 12.5. The van der Waals surface area contributed by atoms with E-state index < -0.39 is 0 Å². The number of benzene rings is 2. The largest absolute Gasteiger partial charge is 0.341 e. The van der Waals surface area contributed by atoms with E-state index in [0.29, 0.717) is 13.0 Å². The average molecular weight is 402 g/mol. The van der Waals surface area contributed by atoms with Gasteiger partial charge in [0, 0.05) is 43.2 Å². The summed E-state index contributed by atoms with van der Waals surface area (Å²) >= 11 is 0. The molecule has 154 valence electrons. The van der Waals surface area contributed by atoms with Crippen LogP contribution in [-0.2, 0) is 9.59 Å². The van der Waals surface area contributed by atoms with Gasteiger partial charge in [-0.3, -0.25) is 9.59 Å². The van der Waals surface area contributed by atoms with Gasteiger partial charge in [0.1, 0.15) is 0 Å². The summed E-state index contributed by atoms with van der Waals surface area (Å²) < 4.78 is 2.14. The Morgan fingerprint density at radius 1 is 1.10 bits per heavy atom. The summed E-state index contributed by atoms with van der Waals surface area (Å²) in [5.41, 5.74) is 4.67. The monoisotopic (exact) mass is 402 g/mol. The molecule has 2 amide bonds. The molecule has 30 heavy (non-hydrogen) atoms. The van der Waals surface area contributed by atoms with Crippen LogP contribution >= 0.6 is 0 Å². The third-order valence-corrected chi connectivity index (χ3v) is 5.40. The van der Waals surface area contributed by atoms with Crippen molar-refractivity contribution in [1.82, 2.24) is 14.5 Å². The van der Waals surface area contributed by atoms with Gasteiger partial charge in [-0.15, -0.1) is 0 Å². The summed E-state index contributed by atoms with van der Waals surface area (Å²) in [6.07, 6.45) is 3.30. The standard InChI is InChI=1S/C24H26N4O2/c1-3-13-27-15-21(14-22(27)30)28-16-25-23(18-7-5-4-6-8-18)24(28)19-9-11-20(12-10-19)26-17(2)29/h4-12,16,21H,3,13-15H2,1-2H3,(H,26,29)/t21-/m0/s1.